The van der Waals surface area contributed by atoms with Crippen molar-refractivity contribution >= 4 is 34.7 Å². The first kappa shape index (κ1) is 20.3. The van der Waals surface area contributed by atoms with Crippen molar-refractivity contribution in [3.63, 3.8) is 0 Å². The van der Waals surface area contributed by atoms with Gasteiger partial charge in [0.2, 0.25) is 5.91 Å². The first-order valence-electron chi connectivity index (χ1n) is 9.40. The molecule has 0 saturated heterocycles. The number of rotatable bonds is 7. The molecule has 2 aromatic heterocycles. The van der Waals surface area contributed by atoms with Crippen molar-refractivity contribution in [3.8, 4) is 10.8 Å². The highest BCUT2D eigenvalue weighted by Crippen LogP contribution is 2.30. The molecular formula is C22H20N4O2S2. The van der Waals surface area contributed by atoms with E-state index in [4.69, 9.17) is 4.42 Å². The Hall–Kier alpha value is -2.97. The number of nitrogens with zero attached hydrogens (tertiary/aromatic N) is 4. The van der Waals surface area contributed by atoms with E-state index in [0.717, 1.165) is 26.8 Å². The van der Waals surface area contributed by atoms with Gasteiger partial charge in [0.25, 0.3) is 11.1 Å². The number of carbonyl (C=O) groups is 1. The molecule has 0 atom stereocenters. The van der Waals surface area contributed by atoms with Gasteiger partial charge in [-0.1, -0.05) is 60.3 Å². The summed E-state index contributed by atoms with van der Waals surface area (Å²) in [6, 6.07) is 19.6. The number of aryl methyl sites for hydroxylation is 2. The molecule has 4 aromatic rings. The maximum absolute atomic E-state index is 13.1. The molecule has 0 fully saturated rings. The fourth-order valence-electron chi connectivity index (χ4n) is 2.99. The minimum atomic E-state index is -0.0281. The monoisotopic (exact) mass is 436 g/mol. The minimum Gasteiger partial charge on any atom is -0.410 e. The van der Waals surface area contributed by atoms with Crippen LogP contribution in [0.2, 0.25) is 0 Å². The van der Waals surface area contributed by atoms with Crippen LogP contribution in [0.4, 0.5) is 5.69 Å². The lowest BCUT2D eigenvalue weighted by Gasteiger charge is -2.22. The van der Waals surface area contributed by atoms with Gasteiger partial charge in [0, 0.05) is 5.69 Å². The number of thiazole rings is 1. The first-order valence-corrected chi connectivity index (χ1v) is 11.2. The highest BCUT2D eigenvalue weighted by atomic mass is 32.2. The van der Waals surface area contributed by atoms with Crippen molar-refractivity contribution < 1.29 is 9.21 Å². The van der Waals surface area contributed by atoms with E-state index >= 15 is 0 Å². The summed E-state index contributed by atoms with van der Waals surface area (Å²) in [5, 5.41) is 9.52. The second-order valence-corrected chi connectivity index (χ2v) is 8.74. The average Bonchev–Trinajstić information content (AvgIpc) is 3.37. The molecule has 0 spiro atoms. The summed E-state index contributed by atoms with van der Waals surface area (Å²) in [4.78, 5) is 20.1. The molecule has 6 nitrogen and oxygen atoms in total. The minimum absolute atomic E-state index is 0.0281. The van der Waals surface area contributed by atoms with Gasteiger partial charge < -0.3 is 9.32 Å². The van der Waals surface area contributed by atoms with Crippen LogP contribution in [0.1, 0.15) is 16.3 Å². The Morgan fingerprint density at radius 2 is 1.73 bits per heavy atom. The molecule has 0 saturated carbocycles. The smallest absolute Gasteiger partial charge is 0.277 e. The van der Waals surface area contributed by atoms with Crippen LogP contribution in [0.5, 0.6) is 0 Å². The molecule has 152 valence electrons. The standard InChI is InChI=1S/C22H20N4O2S2/c1-15-20(30-16(2)23-15)21-24-25-22(28-21)29-14-19(27)26(18-11-7-4-8-12-18)13-17-9-5-3-6-10-17/h3-12H,13-14H2,1-2H3. The van der Waals surface area contributed by atoms with Crippen molar-refractivity contribution in [2.24, 2.45) is 0 Å². The molecular weight excluding hydrogens is 416 g/mol. The molecule has 2 heterocycles. The van der Waals surface area contributed by atoms with Crippen LogP contribution in [-0.4, -0.2) is 26.8 Å². The maximum atomic E-state index is 13.1. The van der Waals surface area contributed by atoms with Crippen molar-refractivity contribution in [2.45, 2.75) is 25.6 Å². The highest BCUT2D eigenvalue weighted by molar-refractivity contribution is 7.99. The van der Waals surface area contributed by atoms with E-state index in [2.05, 4.69) is 15.2 Å². The SMILES string of the molecule is Cc1nc(C)c(-c2nnc(SCC(=O)N(Cc3ccccc3)c3ccccc3)o2)s1. The molecule has 1 amide bonds. The van der Waals surface area contributed by atoms with Crippen LogP contribution in [0.3, 0.4) is 0 Å². The van der Waals surface area contributed by atoms with Gasteiger partial charge in [-0.05, 0) is 31.5 Å². The van der Waals surface area contributed by atoms with Gasteiger partial charge in [-0.25, -0.2) is 4.98 Å². The molecule has 0 aliphatic rings. The average molecular weight is 437 g/mol. The zero-order valence-corrected chi connectivity index (χ0v) is 18.2. The van der Waals surface area contributed by atoms with Gasteiger partial charge >= 0.3 is 0 Å². The van der Waals surface area contributed by atoms with Crippen molar-refractivity contribution in [2.75, 3.05) is 10.7 Å². The van der Waals surface area contributed by atoms with E-state index in [1.54, 1.807) is 4.90 Å². The molecule has 0 aliphatic carbocycles. The third-order valence-electron chi connectivity index (χ3n) is 4.38. The Balaban J connectivity index is 1.47. The lowest BCUT2D eigenvalue weighted by Crippen LogP contribution is -2.31. The first-order chi connectivity index (χ1) is 14.6. The number of hydrogen-bond acceptors (Lipinski definition) is 7. The van der Waals surface area contributed by atoms with E-state index in [-0.39, 0.29) is 11.7 Å². The number of carbonyl (C=O) groups excluding carboxylic acids is 1. The number of para-hydroxylation sites is 1. The fourth-order valence-corrected chi connectivity index (χ4v) is 4.47. The number of thioether (sulfide) groups is 1. The van der Waals surface area contributed by atoms with E-state index < -0.39 is 0 Å². The van der Waals surface area contributed by atoms with Crippen molar-refractivity contribution in [1.29, 1.82) is 0 Å². The van der Waals surface area contributed by atoms with Gasteiger partial charge in [-0.15, -0.1) is 21.5 Å². The molecule has 4 rings (SSSR count). The summed E-state index contributed by atoms with van der Waals surface area (Å²) in [5.74, 6) is 0.612. The lowest BCUT2D eigenvalue weighted by molar-refractivity contribution is -0.116. The van der Waals surface area contributed by atoms with E-state index in [1.807, 2.05) is 74.5 Å². The van der Waals surface area contributed by atoms with Crippen molar-refractivity contribution in [3.05, 3.63) is 76.9 Å². The third kappa shape index (κ3) is 4.77. The largest absolute Gasteiger partial charge is 0.410 e. The van der Waals surface area contributed by atoms with Gasteiger partial charge in [0.1, 0.15) is 4.88 Å². The van der Waals surface area contributed by atoms with Crippen LogP contribution < -0.4 is 4.90 Å². The number of benzene rings is 2. The number of amides is 1. The van der Waals surface area contributed by atoms with E-state index in [0.29, 0.717) is 17.7 Å². The second-order valence-electron chi connectivity index (χ2n) is 6.61. The van der Waals surface area contributed by atoms with Crippen LogP contribution in [0, 0.1) is 13.8 Å². The Kier molecular flexibility index (Phi) is 6.25. The van der Waals surface area contributed by atoms with Gasteiger partial charge in [-0.2, -0.15) is 0 Å². The van der Waals surface area contributed by atoms with Crippen LogP contribution in [0.15, 0.2) is 70.3 Å². The number of anilines is 1. The Labute approximate surface area is 183 Å². The van der Waals surface area contributed by atoms with E-state index in [9.17, 15) is 4.79 Å². The third-order valence-corrected chi connectivity index (χ3v) is 6.24. The van der Waals surface area contributed by atoms with Gasteiger partial charge in [-0.3, -0.25) is 4.79 Å². The molecule has 0 unspecified atom stereocenters. The molecule has 2 aromatic carbocycles. The molecule has 8 heteroatoms. The normalized spacial score (nSPS) is 10.9. The predicted molar refractivity (Wildman–Crippen MR) is 120 cm³/mol. The van der Waals surface area contributed by atoms with E-state index in [1.165, 1.54) is 23.1 Å². The summed E-state index contributed by atoms with van der Waals surface area (Å²) in [6.45, 7) is 4.36. The number of hydrogen-bond donors (Lipinski definition) is 0. The molecule has 30 heavy (non-hydrogen) atoms. The fraction of sp³-hybridized carbons (Fsp3) is 0.182. The highest BCUT2D eigenvalue weighted by Gasteiger charge is 2.19. The number of aromatic nitrogens is 3. The van der Waals surface area contributed by atoms with Crippen LogP contribution in [0.25, 0.3) is 10.8 Å². The second kappa shape index (κ2) is 9.23. The quantitative estimate of drug-likeness (QED) is 0.374. The van der Waals surface area contributed by atoms with Gasteiger partial charge in [0.05, 0.1) is 23.0 Å². The van der Waals surface area contributed by atoms with Crippen molar-refractivity contribution in [1.82, 2.24) is 15.2 Å². The van der Waals surface area contributed by atoms with Crippen LogP contribution in [-0.2, 0) is 11.3 Å². The zero-order valence-electron chi connectivity index (χ0n) is 16.6. The molecule has 0 radical (unpaired) electrons. The molecule has 0 aliphatic heterocycles. The Morgan fingerprint density at radius 3 is 2.40 bits per heavy atom. The Morgan fingerprint density at radius 1 is 1.03 bits per heavy atom. The summed E-state index contributed by atoms with van der Waals surface area (Å²) in [7, 11) is 0. The summed E-state index contributed by atoms with van der Waals surface area (Å²) in [6.07, 6.45) is 0. The lowest BCUT2D eigenvalue weighted by atomic mass is 10.2. The predicted octanol–water partition coefficient (Wildman–Crippen LogP) is 5.14. The topological polar surface area (TPSA) is 72.1 Å². The summed E-state index contributed by atoms with van der Waals surface area (Å²) >= 11 is 2.76. The molecule has 0 N–H and O–H groups in total. The summed E-state index contributed by atoms with van der Waals surface area (Å²) in [5.41, 5.74) is 2.79. The summed E-state index contributed by atoms with van der Waals surface area (Å²) < 4.78 is 5.76. The maximum Gasteiger partial charge on any atom is 0.277 e. The Bertz CT molecular complexity index is 1130. The molecule has 0 bridgehead atoms. The van der Waals surface area contributed by atoms with Gasteiger partial charge in [0.15, 0.2) is 0 Å². The van der Waals surface area contributed by atoms with Crippen LogP contribution >= 0.6 is 23.1 Å². The zero-order chi connectivity index (χ0) is 20.9.